The van der Waals surface area contributed by atoms with Crippen molar-refractivity contribution in [1.29, 1.82) is 0 Å². The van der Waals surface area contributed by atoms with Crippen LogP contribution in [0.5, 0.6) is 0 Å². The Morgan fingerprint density at radius 3 is 2.02 bits per heavy atom. The molecule has 0 aliphatic heterocycles. The van der Waals surface area contributed by atoms with Gasteiger partial charge in [0.1, 0.15) is 24.2 Å². The van der Waals surface area contributed by atoms with Crippen LogP contribution in [0.25, 0.3) is 0 Å². The summed E-state index contributed by atoms with van der Waals surface area (Å²) in [6.07, 6.45) is 10.1. The van der Waals surface area contributed by atoms with Gasteiger partial charge in [0.2, 0.25) is 29.5 Å². The molecule has 1 aromatic carbocycles. The summed E-state index contributed by atoms with van der Waals surface area (Å²) in [6.45, 7) is 1.84. The molecular formula is C33H52N7O10P. The van der Waals surface area contributed by atoms with Crippen LogP contribution in [-0.2, 0) is 45.9 Å². The molecule has 0 saturated heterocycles. The standard InChI is InChI=1S/C33H52N7O10P/c1-22(2)16-25(37-29(42)15-11-6-4-3-5-8-12-23-13-9-7-10-14-23)31(44)38-26(17-24-18-35-21-36-24)32(45)39-27(19-41)33(46)40-28(30(34)43)20-50-51(47,48)49/h7,9-10,13-14,18,21-22,25-28,41H,3-6,8,11-12,15-17,19-20H2,1-2H3,(H2,34,43)(H,35,36)(H,37,42)(H,38,44)(H,39,45)(H,40,46)(H2,47,48,49). The maximum Gasteiger partial charge on any atom is 0.469 e. The number of nitrogens with one attached hydrogen (secondary N) is 5. The molecule has 284 valence electrons. The van der Waals surface area contributed by atoms with Crippen molar-refractivity contribution in [2.45, 2.75) is 102 Å². The fourth-order valence-corrected chi connectivity index (χ4v) is 5.48. The van der Waals surface area contributed by atoms with Crippen molar-refractivity contribution >= 4 is 37.4 Å². The Kier molecular flexibility index (Phi) is 19.1. The molecule has 51 heavy (non-hydrogen) atoms. The number of hydrogen-bond donors (Lipinski definition) is 9. The average molecular weight is 738 g/mol. The second-order valence-electron chi connectivity index (χ2n) is 12.7. The van der Waals surface area contributed by atoms with E-state index < -0.39 is 68.8 Å². The lowest BCUT2D eigenvalue weighted by Crippen LogP contribution is -2.59. The first-order valence-corrected chi connectivity index (χ1v) is 18.5. The number of rotatable bonds is 25. The number of aliphatic hydroxyl groups is 1. The van der Waals surface area contributed by atoms with Crippen LogP contribution in [0.1, 0.15) is 76.5 Å². The van der Waals surface area contributed by atoms with E-state index in [4.69, 9.17) is 15.5 Å². The van der Waals surface area contributed by atoms with Gasteiger partial charge in [-0.3, -0.25) is 28.5 Å². The van der Waals surface area contributed by atoms with Gasteiger partial charge in [-0.05, 0) is 37.2 Å². The van der Waals surface area contributed by atoms with Crippen LogP contribution >= 0.6 is 7.82 Å². The number of hydrogen-bond acceptors (Lipinski definition) is 9. The molecule has 17 nitrogen and oxygen atoms in total. The van der Waals surface area contributed by atoms with E-state index in [1.807, 2.05) is 32.0 Å². The molecule has 2 aromatic rings. The van der Waals surface area contributed by atoms with Crippen LogP contribution in [0, 0.1) is 5.92 Å². The van der Waals surface area contributed by atoms with Gasteiger partial charge in [0, 0.05) is 24.7 Å². The van der Waals surface area contributed by atoms with E-state index in [0.29, 0.717) is 12.1 Å². The Labute approximate surface area is 297 Å². The summed E-state index contributed by atoms with van der Waals surface area (Å²) < 4.78 is 15.3. The van der Waals surface area contributed by atoms with Gasteiger partial charge in [-0.25, -0.2) is 9.55 Å². The lowest BCUT2D eigenvalue weighted by Gasteiger charge is -2.26. The third-order valence-corrected chi connectivity index (χ3v) is 8.30. The van der Waals surface area contributed by atoms with Crippen molar-refractivity contribution in [2.75, 3.05) is 13.2 Å². The Morgan fingerprint density at radius 1 is 0.843 bits per heavy atom. The van der Waals surface area contributed by atoms with Crippen LogP contribution in [0.4, 0.5) is 0 Å². The highest BCUT2D eigenvalue weighted by atomic mass is 31.2. The minimum atomic E-state index is -5.01. The molecular weight excluding hydrogens is 685 g/mol. The zero-order valence-corrected chi connectivity index (χ0v) is 30.0. The molecule has 5 amide bonds. The molecule has 0 radical (unpaired) electrons. The van der Waals surface area contributed by atoms with Crippen molar-refractivity contribution in [3.63, 3.8) is 0 Å². The van der Waals surface area contributed by atoms with Crippen molar-refractivity contribution in [3.8, 4) is 0 Å². The van der Waals surface area contributed by atoms with Gasteiger partial charge >= 0.3 is 7.82 Å². The maximum atomic E-state index is 13.5. The van der Waals surface area contributed by atoms with Gasteiger partial charge in [0.15, 0.2) is 0 Å². The molecule has 0 saturated carbocycles. The van der Waals surface area contributed by atoms with E-state index in [2.05, 4.69) is 47.9 Å². The van der Waals surface area contributed by atoms with Crippen LogP contribution in [0.2, 0.25) is 0 Å². The van der Waals surface area contributed by atoms with Crippen LogP contribution in [-0.4, -0.2) is 91.8 Å². The fourth-order valence-electron chi connectivity index (χ4n) is 5.14. The summed E-state index contributed by atoms with van der Waals surface area (Å²) in [5, 5.41) is 19.6. The second kappa shape index (κ2) is 22.6. The number of benzene rings is 1. The zero-order valence-electron chi connectivity index (χ0n) is 29.1. The van der Waals surface area contributed by atoms with Gasteiger partial charge in [0.25, 0.3) is 0 Å². The number of aromatic amines is 1. The molecule has 4 unspecified atom stereocenters. The number of nitrogens with two attached hydrogens (primary N) is 1. The molecule has 1 aromatic heterocycles. The Hall–Kier alpha value is -4.15. The zero-order chi connectivity index (χ0) is 37.8. The number of carbonyl (C=O) groups excluding carboxylic acids is 5. The van der Waals surface area contributed by atoms with Gasteiger partial charge in [-0.2, -0.15) is 0 Å². The highest BCUT2D eigenvalue weighted by molar-refractivity contribution is 7.46. The number of nitrogens with zero attached hydrogens (tertiary/aromatic N) is 1. The SMILES string of the molecule is CC(C)CC(NC(=O)CCCCCCCCc1ccccc1)C(=O)NC(Cc1cnc[nH]1)C(=O)NC(CO)C(=O)NC(COP(=O)(O)O)C(N)=O. The van der Waals surface area contributed by atoms with Gasteiger partial charge < -0.3 is 46.9 Å². The van der Waals surface area contributed by atoms with Crippen LogP contribution in [0.3, 0.4) is 0 Å². The minimum Gasteiger partial charge on any atom is -0.394 e. The molecule has 0 spiro atoms. The second-order valence-corrected chi connectivity index (χ2v) is 13.9. The number of amides is 5. The highest BCUT2D eigenvalue weighted by Gasteiger charge is 2.32. The highest BCUT2D eigenvalue weighted by Crippen LogP contribution is 2.35. The van der Waals surface area contributed by atoms with Crippen molar-refractivity contribution in [2.24, 2.45) is 11.7 Å². The first-order chi connectivity index (χ1) is 24.2. The van der Waals surface area contributed by atoms with Crippen molar-refractivity contribution in [1.82, 2.24) is 31.2 Å². The first kappa shape index (κ1) is 43.0. The number of aryl methyl sites for hydroxylation is 1. The number of imidazole rings is 1. The monoisotopic (exact) mass is 737 g/mol. The normalized spacial score (nSPS) is 13.8. The summed E-state index contributed by atoms with van der Waals surface area (Å²) >= 11 is 0. The first-order valence-electron chi connectivity index (χ1n) is 17.0. The van der Waals surface area contributed by atoms with Crippen molar-refractivity contribution in [3.05, 3.63) is 54.1 Å². The molecule has 10 N–H and O–H groups in total. The number of phosphoric acid groups is 1. The number of phosphoric ester groups is 1. The summed E-state index contributed by atoms with van der Waals surface area (Å²) in [6, 6.07) is 4.69. The Bertz CT molecular complexity index is 1420. The summed E-state index contributed by atoms with van der Waals surface area (Å²) in [5.74, 6) is -4.13. The van der Waals surface area contributed by atoms with E-state index in [-0.39, 0.29) is 31.1 Å². The molecule has 2 rings (SSSR count). The average Bonchev–Trinajstić information content (AvgIpc) is 3.58. The number of primary amides is 1. The predicted molar refractivity (Wildman–Crippen MR) is 186 cm³/mol. The minimum absolute atomic E-state index is 0.00652. The lowest BCUT2D eigenvalue weighted by molar-refractivity contribution is -0.135. The van der Waals surface area contributed by atoms with E-state index in [1.54, 1.807) is 0 Å². The topological polar surface area (TPSA) is 275 Å². The largest absolute Gasteiger partial charge is 0.469 e. The third kappa shape index (κ3) is 18.1. The van der Waals surface area contributed by atoms with Gasteiger partial charge in [0.05, 0.1) is 19.5 Å². The predicted octanol–water partition coefficient (Wildman–Crippen LogP) is 0.498. The Morgan fingerprint density at radius 2 is 1.43 bits per heavy atom. The number of unbranched alkanes of at least 4 members (excludes halogenated alkanes) is 5. The third-order valence-electron chi connectivity index (χ3n) is 7.82. The van der Waals surface area contributed by atoms with Crippen molar-refractivity contribution < 1.29 is 48.0 Å². The summed E-state index contributed by atoms with van der Waals surface area (Å²) in [7, 11) is -5.01. The fraction of sp³-hybridized carbons (Fsp3) is 0.576. The number of aliphatic hydroxyl groups excluding tert-OH is 1. The molecule has 0 fully saturated rings. The molecule has 18 heteroatoms. The van der Waals surface area contributed by atoms with E-state index in [1.165, 1.54) is 18.1 Å². The summed E-state index contributed by atoms with van der Waals surface area (Å²) in [4.78, 5) is 88.8. The smallest absolute Gasteiger partial charge is 0.394 e. The number of H-pyrrole nitrogens is 1. The molecule has 1 heterocycles. The number of carbonyl (C=O) groups is 5. The molecule has 0 aliphatic rings. The van der Waals surface area contributed by atoms with Crippen LogP contribution < -0.4 is 27.0 Å². The quantitative estimate of drug-likeness (QED) is 0.0500. The lowest BCUT2D eigenvalue weighted by atomic mass is 10.0. The summed E-state index contributed by atoms with van der Waals surface area (Å²) in [5.41, 5.74) is 6.96. The van der Waals surface area contributed by atoms with E-state index >= 15 is 0 Å². The van der Waals surface area contributed by atoms with Gasteiger partial charge in [-0.15, -0.1) is 0 Å². The number of aromatic nitrogens is 2. The molecule has 4 atom stereocenters. The van der Waals surface area contributed by atoms with Gasteiger partial charge in [-0.1, -0.05) is 69.9 Å². The van der Waals surface area contributed by atoms with Crippen LogP contribution in [0.15, 0.2) is 42.9 Å². The molecule has 0 aliphatic carbocycles. The Balaban J connectivity index is 1.97. The molecule has 0 bridgehead atoms. The maximum absolute atomic E-state index is 13.5. The van der Waals surface area contributed by atoms with E-state index in [9.17, 15) is 33.6 Å². The van der Waals surface area contributed by atoms with E-state index in [0.717, 1.165) is 38.5 Å².